The first-order valence-corrected chi connectivity index (χ1v) is 6.96. The smallest absolute Gasteiger partial charge is 0.0410 e. The fourth-order valence-corrected chi connectivity index (χ4v) is 2.68. The summed E-state index contributed by atoms with van der Waals surface area (Å²) in [6, 6.07) is 2.17. The van der Waals surface area contributed by atoms with Gasteiger partial charge in [-0.1, -0.05) is 19.3 Å². The van der Waals surface area contributed by atoms with Gasteiger partial charge in [0.1, 0.15) is 0 Å². The summed E-state index contributed by atoms with van der Waals surface area (Å²) in [5.74, 6) is 0. The van der Waals surface area contributed by atoms with Crippen molar-refractivity contribution in [3.63, 3.8) is 0 Å². The minimum absolute atomic E-state index is 1.05. The normalized spacial score (nSPS) is 19.1. The molecule has 16 heavy (non-hydrogen) atoms. The van der Waals surface area contributed by atoms with Crippen LogP contribution in [0.5, 0.6) is 0 Å². The molecule has 1 aromatic rings. The Labute approximate surface area is 106 Å². The van der Waals surface area contributed by atoms with E-state index in [2.05, 4.69) is 31.9 Å². The van der Waals surface area contributed by atoms with E-state index in [0.29, 0.717) is 0 Å². The van der Waals surface area contributed by atoms with Crippen LogP contribution in [0.2, 0.25) is 0 Å². The molecule has 0 aliphatic carbocycles. The molecule has 2 nitrogen and oxygen atoms in total. The van der Waals surface area contributed by atoms with Gasteiger partial charge in [0.25, 0.3) is 0 Å². The molecule has 0 spiro atoms. The molecule has 1 aromatic heterocycles. The van der Waals surface area contributed by atoms with Crippen molar-refractivity contribution in [2.75, 3.05) is 13.1 Å². The van der Waals surface area contributed by atoms with Crippen LogP contribution in [0.3, 0.4) is 0 Å². The molecule has 0 N–H and O–H groups in total. The number of pyridine rings is 1. The predicted octanol–water partition coefficient (Wildman–Crippen LogP) is 3.61. The SMILES string of the molecule is Brc1cncc(CN2CCCCCCC2)c1. The monoisotopic (exact) mass is 282 g/mol. The van der Waals surface area contributed by atoms with Gasteiger partial charge in [0.2, 0.25) is 0 Å². The number of nitrogens with zero attached hydrogens (tertiary/aromatic N) is 2. The van der Waals surface area contributed by atoms with Crippen LogP contribution in [0, 0.1) is 0 Å². The zero-order valence-electron chi connectivity index (χ0n) is 9.66. The Morgan fingerprint density at radius 2 is 1.75 bits per heavy atom. The fourth-order valence-electron chi connectivity index (χ4n) is 2.27. The van der Waals surface area contributed by atoms with Gasteiger partial charge in [0.05, 0.1) is 0 Å². The summed E-state index contributed by atoms with van der Waals surface area (Å²) >= 11 is 3.47. The molecule has 1 fully saturated rings. The van der Waals surface area contributed by atoms with E-state index in [1.165, 1.54) is 50.8 Å². The van der Waals surface area contributed by atoms with Crippen LogP contribution >= 0.6 is 15.9 Å². The lowest BCUT2D eigenvalue weighted by atomic mass is 10.1. The van der Waals surface area contributed by atoms with Gasteiger partial charge < -0.3 is 0 Å². The number of rotatable bonds is 2. The zero-order chi connectivity index (χ0) is 11.2. The highest BCUT2D eigenvalue weighted by atomic mass is 79.9. The van der Waals surface area contributed by atoms with Crippen molar-refractivity contribution >= 4 is 15.9 Å². The lowest BCUT2D eigenvalue weighted by Crippen LogP contribution is -2.26. The third-order valence-corrected chi connectivity index (χ3v) is 3.55. The van der Waals surface area contributed by atoms with Gasteiger partial charge in [-0.2, -0.15) is 0 Å². The van der Waals surface area contributed by atoms with Crippen molar-refractivity contribution in [1.82, 2.24) is 9.88 Å². The molecule has 0 bridgehead atoms. The number of likely N-dealkylation sites (tertiary alicyclic amines) is 1. The molecular weight excluding hydrogens is 264 g/mol. The van der Waals surface area contributed by atoms with Crippen molar-refractivity contribution in [2.45, 2.75) is 38.6 Å². The van der Waals surface area contributed by atoms with E-state index in [-0.39, 0.29) is 0 Å². The first-order chi connectivity index (χ1) is 7.84. The standard InChI is InChI=1S/C13H19BrN2/c14-13-8-12(9-15-10-13)11-16-6-4-2-1-3-5-7-16/h8-10H,1-7,11H2. The van der Waals surface area contributed by atoms with Crippen LogP contribution in [0.4, 0.5) is 0 Å². The zero-order valence-corrected chi connectivity index (χ0v) is 11.2. The summed E-state index contributed by atoms with van der Waals surface area (Å²) in [6.07, 6.45) is 10.7. The highest BCUT2D eigenvalue weighted by Gasteiger charge is 2.08. The highest BCUT2D eigenvalue weighted by Crippen LogP contribution is 2.15. The number of aromatic nitrogens is 1. The van der Waals surface area contributed by atoms with E-state index >= 15 is 0 Å². The number of hydrogen-bond donors (Lipinski definition) is 0. The topological polar surface area (TPSA) is 16.1 Å². The molecule has 1 aliphatic rings. The van der Waals surface area contributed by atoms with Gasteiger partial charge in [-0.05, 0) is 53.5 Å². The molecule has 88 valence electrons. The average molecular weight is 283 g/mol. The van der Waals surface area contributed by atoms with Crippen molar-refractivity contribution in [3.8, 4) is 0 Å². The molecule has 0 unspecified atom stereocenters. The first kappa shape index (κ1) is 12.1. The van der Waals surface area contributed by atoms with Crippen LogP contribution in [-0.4, -0.2) is 23.0 Å². The third-order valence-electron chi connectivity index (χ3n) is 3.12. The quantitative estimate of drug-likeness (QED) is 0.824. The van der Waals surface area contributed by atoms with Gasteiger partial charge >= 0.3 is 0 Å². The van der Waals surface area contributed by atoms with Gasteiger partial charge in [-0.15, -0.1) is 0 Å². The van der Waals surface area contributed by atoms with Gasteiger partial charge in [-0.25, -0.2) is 0 Å². The van der Waals surface area contributed by atoms with Gasteiger partial charge in [-0.3, -0.25) is 9.88 Å². The van der Waals surface area contributed by atoms with E-state index in [1.54, 1.807) is 0 Å². The fraction of sp³-hybridized carbons (Fsp3) is 0.615. The molecule has 0 saturated carbocycles. The van der Waals surface area contributed by atoms with E-state index in [1.807, 2.05) is 12.4 Å². The highest BCUT2D eigenvalue weighted by molar-refractivity contribution is 9.10. The largest absolute Gasteiger partial charge is 0.299 e. The van der Waals surface area contributed by atoms with E-state index in [0.717, 1.165) is 11.0 Å². The molecule has 0 amide bonds. The van der Waals surface area contributed by atoms with Gasteiger partial charge in [0, 0.05) is 23.4 Å². The maximum Gasteiger partial charge on any atom is 0.0410 e. The van der Waals surface area contributed by atoms with Gasteiger partial charge in [0.15, 0.2) is 0 Å². The van der Waals surface area contributed by atoms with Crippen LogP contribution in [0.1, 0.15) is 37.7 Å². The summed E-state index contributed by atoms with van der Waals surface area (Å²) < 4.78 is 1.08. The maximum absolute atomic E-state index is 4.22. The van der Waals surface area contributed by atoms with Crippen molar-refractivity contribution < 1.29 is 0 Å². The van der Waals surface area contributed by atoms with E-state index < -0.39 is 0 Å². The van der Waals surface area contributed by atoms with Crippen molar-refractivity contribution in [2.24, 2.45) is 0 Å². The second-order valence-electron chi connectivity index (χ2n) is 4.56. The van der Waals surface area contributed by atoms with Crippen LogP contribution in [0.15, 0.2) is 22.9 Å². The molecule has 0 radical (unpaired) electrons. The van der Waals surface area contributed by atoms with E-state index in [9.17, 15) is 0 Å². The number of halogens is 1. The van der Waals surface area contributed by atoms with Crippen LogP contribution < -0.4 is 0 Å². The molecule has 3 heteroatoms. The molecule has 2 heterocycles. The summed E-state index contributed by atoms with van der Waals surface area (Å²) in [6.45, 7) is 3.53. The Bertz CT molecular complexity index is 319. The lowest BCUT2D eigenvalue weighted by molar-refractivity contribution is 0.239. The minimum atomic E-state index is 1.05. The minimum Gasteiger partial charge on any atom is -0.299 e. The Morgan fingerprint density at radius 1 is 1.06 bits per heavy atom. The molecule has 2 rings (SSSR count). The lowest BCUT2D eigenvalue weighted by Gasteiger charge is -2.24. The predicted molar refractivity (Wildman–Crippen MR) is 70.3 cm³/mol. The Morgan fingerprint density at radius 3 is 2.44 bits per heavy atom. The number of hydrogen-bond acceptors (Lipinski definition) is 2. The third kappa shape index (κ3) is 3.87. The second-order valence-corrected chi connectivity index (χ2v) is 5.47. The van der Waals surface area contributed by atoms with Crippen LogP contribution in [-0.2, 0) is 6.54 Å². The second kappa shape index (κ2) is 6.36. The summed E-state index contributed by atoms with van der Waals surface area (Å²) in [5, 5.41) is 0. The maximum atomic E-state index is 4.22. The molecule has 0 atom stereocenters. The Kier molecular flexibility index (Phi) is 4.79. The summed E-state index contributed by atoms with van der Waals surface area (Å²) in [5.41, 5.74) is 1.31. The summed E-state index contributed by atoms with van der Waals surface area (Å²) in [7, 11) is 0. The van der Waals surface area contributed by atoms with E-state index in [4.69, 9.17) is 0 Å². The Hall–Kier alpha value is -0.410. The first-order valence-electron chi connectivity index (χ1n) is 6.16. The Balaban J connectivity index is 1.91. The molecule has 1 saturated heterocycles. The molecule has 0 aromatic carbocycles. The van der Waals surface area contributed by atoms with Crippen molar-refractivity contribution in [3.05, 3.63) is 28.5 Å². The van der Waals surface area contributed by atoms with Crippen LogP contribution in [0.25, 0.3) is 0 Å². The van der Waals surface area contributed by atoms with Crippen molar-refractivity contribution in [1.29, 1.82) is 0 Å². The molecule has 1 aliphatic heterocycles. The molecular formula is C13H19BrN2. The average Bonchev–Trinajstić information content (AvgIpc) is 2.22. The summed E-state index contributed by atoms with van der Waals surface area (Å²) in [4.78, 5) is 6.78.